The van der Waals surface area contributed by atoms with Crippen LogP contribution in [0.3, 0.4) is 0 Å². The van der Waals surface area contributed by atoms with Crippen molar-refractivity contribution in [1.29, 1.82) is 0 Å². The molecule has 7 heteroatoms. The number of pyridine rings is 1. The molecule has 3 rings (SSSR count). The molecule has 1 aromatic carbocycles. The number of benzene rings is 1. The number of hydrogen-bond acceptors (Lipinski definition) is 3. The summed E-state index contributed by atoms with van der Waals surface area (Å²) in [5.41, 5.74) is -0.507. The summed E-state index contributed by atoms with van der Waals surface area (Å²) in [7, 11) is 0. The molecule has 2 atom stereocenters. The predicted octanol–water partition coefficient (Wildman–Crippen LogP) is 3.05. The van der Waals surface area contributed by atoms with Crippen LogP contribution in [0, 0.1) is 0 Å². The molecule has 1 aliphatic heterocycles. The van der Waals surface area contributed by atoms with Crippen LogP contribution in [-0.4, -0.2) is 33.5 Å². The highest BCUT2D eigenvalue weighted by Gasteiger charge is 2.41. The average Bonchev–Trinajstić information content (AvgIpc) is 2.96. The highest BCUT2D eigenvalue weighted by molar-refractivity contribution is 5.94. The lowest BCUT2D eigenvalue weighted by Gasteiger charge is -2.27. The zero-order chi connectivity index (χ0) is 17.3. The molecule has 1 aliphatic rings. The lowest BCUT2D eigenvalue weighted by molar-refractivity contribution is -0.138. The van der Waals surface area contributed by atoms with Crippen LogP contribution < -0.4 is 0 Å². The number of aliphatic hydroxyl groups excluding tert-OH is 1. The van der Waals surface area contributed by atoms with E-state index in [1.165, 1.54) is 35.5 Å². The van der Waals surface area contributed by atoms with Crippen molar-refractivity contribution in [2.24, 2.45) is 0 Å². The van der Waals surface area contributed by atoms with Gasteiger partial charge < -0.3 is 10.0 Å². The molecular formula is C17H15F3N2O2. The van der Waals surface area contributed by atoms with E-state index in [4.69, 9.17) is 0 Å². The van der Waals surface area contributed by atoms with Gasteiger partial charge in [0.1, 0.15) is 0 Å². The van der Waals surface area contributed by atoms with Crippen LogP contribution in [0.15, 0.2) is 48.8 Å². The van der Waals surface area contributed by atoms with Gasteiger partial charge in [0.15, 0.2) is 0 Å². The van der Waals surface area contributed by atoms with Gasteiger partial charge in [0, 0.05) is 18.9 Å². The molecule has 24 heavy (non-hydrogen) atoms. The second kappa shape index (κ2) is 6.24. The lowest BCUT2D eigenvalue weighted by atomic mass is 9.97. The summed E-state index contributed by atoms with van der Waals surface area (Å²) < 4.78 is 39.8. The first-order valence-electron chi connectivity index (χ1n) is 7.43. The van der Waals surface area contributed by atoms with E-state index in [2.05, 4.69) is 4.98 Å². The molecule has 2 heterocycles. The van der Waals surface area contributed by atoms with E-state index < -0.39 is 29.8 Å². The topological polar surface area (TPSA) is 53.4 Å². The van der Waals surface area contributed by atoms with E-state index in [1.54, 1.807) is 12.1 Å². The Bertz CT molecular complexity index is 734. The molecule has 126 valence electrons. The number of carbonyl (C=O) groups excluding carboxylic acids is 1. The Morgan fingerprint density at radius 2 is 1.96 bits per heavy atom. The summed E-state index contributed by atoms with van der Waals surface area (Å²) in [6.07, 6.45) is -2.45. The Hall–Kier alpha value is -2.41. The summed E-state index contributed by atoms with van der Waals surface area (Å²) in [6, 6.07) is 7.46. The predicted molar refractivity (Wildman–Crippen MR) is 80.1 cm³/mol. The molecule has 1 amide bonds. The Kier molecular flexibility index (Phi) is 4.28. The Morgan fingerprint density at radius 3 is 2.62 bits per heavy atom. The molecule has 2 aromatic rings. The Labute approximate surface area is 136 Å². The molecular weight excluding hydrogens is 321 g/mol. The molecule has 0 radical (unpaired) electrons. The van der Waals surface area contributed by atoms with Gasteiger partial charge in [0.05, 0.1) is 23.3 Å². The van der Waals surface area contributed by atoms with Gasteiger partial charge in [0.2, 0.25) is 0 Å². The van der Waals surface area contributed by atoms with E-state index in [1.807, 2.05) is 0 Å². The molecule has 0 saturated carbocycles. The van der Waals surface area contributed by atoms with Gasteiger partial charge in [-0.25, -0.2) is 0 Å². The number of alkyl halides is 3. The maximum absolute atomic E-state index is 13.3. The van der Waals surface area contributed by atoms with Crippen molar-refractivity contribution in [3.63, 3.8) is 0 Å². The zero-order valence-electron chi connectivity index (χ0n) is 12.6. The summed E-state index contributed by atoms with van der Waals surface area (Å²) in [6.45, 7) is -0.00934. The first kappa shape index (κ1) is 16.4. The third kappa shape index (κ3) is 3.12. The first-order valence-corrected chi connectivity index (χ1v) is 7.43. The van der Waals surface area contributed by atoms with Gasteiger partial charge >= 0.3 is 6.18 Å². The number of halogens is 3. The normalized spacial score (nSPS) is 21.1. The van der Waals surface area contributed by atoms with Gasteiger partial charge in [0.25, 0.3) is 5.91 Å². The minimum atomic E-state index is -4.52. The van der Waals surface area contributed by atoms with Crippen LogP contribution in [0.1, 0.15) is 33.9 Å². The van der Waals surface area contributed by atoms with Crippen molar-refractivity contribution >= 4 is 5.91 Å². The van der Waals surface area contributed by atoms with Crippen molar-refractivity contribution in [3.8, 4) is 0 Å². The van der Waals surface area contributed by atoms with Crippen LogP contribution >= 0.6 is 0 Å². The highest BCUT2D eigenvalue weighted by Crippen LogP contribution is 2.40. The van der Waals surface area contributed by atoms with Crippen molar-refractivity contribution in [1.82, 2.24) is 9.88 Å². The minimum absolute atomic E-state index is 0.00112. The quantitative estimate of drug-likeness (QED) is 0.917. The Balaban J connectivity index is 1.99. The Morgan fingerprint density at radius 1 is 1.21 bits per heavy atom. The van der Waals surface area contributed by atoms with Crippen molar-refractivity contribution < 1.29 is 23.1 Å². The zero-order valence-corrected chi connectivity index (χ0v) is 12.6. The average molecular weight is 336 g/mol. The number of rotatable bonds is 2. The molecule has 4 nitrogen and oxygen atoms in total. The molecule has 1 aromatic heterocycles. The van der Waals surface area contributed by atoms with Crippen LogP contribution in [0.4, 0.5) is 13.2 Å². The number of likely N-dealkylation sites (tertiary alicyclic amines) is 1. The molecule has 0 spiro atoms. The molecule has 0 unspecified atom stereocenters. The second-order valence-electron chi connectivity index (χ2n) is 5.69. The van der Waals surface area contributed by atoms with Crippen molar-refractivity contribution in [2.45, 2.75) is 24.7 Å². The van der Waals surface area contributed by atoms with Gasteiger partial charge in [-0.05, 0) is 30.2 Å². The number of carbonyl (C=O) groups is 1. The number of nitrogens with zero attached hydrogens (tertiary/aromatic N) is 2. The van der Waals surface area contributed by atoms with Gasteiger partial charge in [-0.3, -0.25) is 9.78 Å². The molecule has 1 N–H and O–H groups in total. The number of aliphatic hydroxyl groups is 1. The highest BCUT2D eigenvalue weighted by atomic mass is 19.4. The third-order valence-corrected chi connectivity index (χ3v) is 4.07. The summed E-state index contributed by atoms with van der Waals surface area (Å²) in [4.78, 5) is 17.8. The molecule has 0 bridgehead atoms. The molecule has 1 fully saturated rings. The summed E-state index contributed by atoms with van der Waals surface area (Å²) in [5.74, 6) is -0.443. The SMILES string of the molecule is O=C(c1cccnc1)N1C[C@H](O)C[C@H]1c1ccccc1C(F)(F)F. The maximum Gasteiger partial charge on any atom is 0.416 e. The third-order valence-electron chi connectivity index (χ3n) is 4.07. The van der Waals surface area contributed by atoms with Crippen molar-refractivity contribution in [2.75, 3.05) is 6.54 Å². The summed E-state index contributed by atoms with van der Waals surface area (Å²) >= 11 is 0. The molecule has 0 aliphatic carbocycles. The standard InChI is InChI=1S/C17H15F3N2O2/c18-17(19,20)14-6-2-1-5-13(14)15-8-12(23)10-22(15)16(24)11-4-3-7-21-9-11/h1-7,9,12,15,23H,8,10H2/t12-,15+/m1/s1. The number of β-amino-alcohol motifs (C(OH)–C–C–N with tert-alkyl or cyclic N) is 1. The minimum Gasteiger partial charge on any atom is -0.391 e. The molecule has 1 saturated heterocycles. The van der Waals surface area contributed by atoms with E-state index >= 15 is 0 Å². The number of aromatic nitrogens is 1. The van der Waals surface area contributed by atoms with E-state index in [0.717, 1.165) is 6.07 Å². The fourth-order valence-corrected chi connectivity index (χ4v) is 3.03. The first-order chi connectivity index (χ1) is 11.4. The maximum atomic E-state index is 13.3. The van der Waals surface area contributed by atoms with Crippen LogP contribution in [0.5, 0.6) is 0 Å². The van der Waals surface area contributed by atoms with Gasteiger partial charge in [-0.2, -0.15) is 13.2 Å². The van der Waals surface area contributed by atoms with E-state index in [9.17, 15) is 23.1 Å². The van der Waals surface area contributed by atoms with Crippen LogP contribution in [-0.2, 0) is 6.18 Å². The largest absolute Gasteiger partial charge is 0.416 e. The van der Waals surface area contributed by atoms with Crippen LogP contribution in [0.25, 0.3) is 0 Å². The smallest absolute Gasteiger partial charge is 0.391 e. The number of amides is 1. The monoisotopic (exact) mass is 336 g/mol. The van der Waals surface area contributed by atoms with E-state index in [-0.39, 0.29) is 24.1 Å². The lowest BCUT2D eigenvalue weighted by Crippen LogP contribution is -2.32. The number of hydrogen-bond donors (Lipinski definition) is 1. The fraction of sp³-hybridized carbons (Fsp3) is 0.294. The fourth-order valence-electron chi connectivity index (χ4n) is 3.03. The van der Waals surface area contributed by atoms with Crippen LogP contribution in [0.2, 0.25) is 0 Å². The summed E-state index contributed by atoms with van der Waals surface area (Å²) in [5, 5.41) is 9.93. The van der Waals surface area contributed by atoms with Crippen molar-refractivity contribution in [3.05, 3.63) is 65.5 Å². The van der Waals surface area contributed by atoms with E-state index in [0.29, 0.717) is 0 Å². The second-order valence-corrected chi connectivity index (χ2v) is 5.69. The van der Waals surface area contributed by atoms with Gasteiger partial charge in [-0.15, -0.1) is 0 Å². The van der Waals surface area contributed by atoms with Gasteiger partial charge in [-0.1, -0.05) is 18.2 Å².